The van der Waals surface area contributed by atoms with Crippen molar-refractivity contribution in [2.24, 2.45) is 24.3 Å². The largest absolute Gasteiger partial charge is 0.493 e. The number of carbonyl (C=O) groups is 3. The smallest absolute Gasteiger partial charge is 0.270 e. The molecule has 2 aromatic carbocycles. The van der Waals surface area contributed by atoms with Gasteiger partial charge < -0.3 is 30.4 Å². The van der Waals surface area contributed by atoms with E-state index in [9.17, 15) is 14.4 Å². The Bertz CT molecular complexity index is 2000. The van der Waals surface area contributed by atoms with Crippen LogP contribution in [0, 0.1) is 17.3 Å². The summed E-state index contributed by atoms with van der Waals surface area (Å²) in [6.45, 7) is 8.09. The topological polar surface area (TPSA) is 152 Å². The molecule has 0 radical (unpaired) electrons. The molecule has 2 bridgehead atoms. The molecule has 1 saturated heterocycles. The number of carbonyl (C=O) groups excluding carboxylic acids is 3. The monoisotopic (exact) mass is 707 g/mol. The van der Waals surface area contributed by atoms with Gasteiger partial charge in [-0.25, -0.2) is 4.98 Å². The van der Waals surface area contributed by atoms with E-state index in [0.717, 1.165) is 53.6 Å². The molecule has 4 aromatic rings. The van der Waals surface area contributed by atoms with Crippen LogP contribution in [-0.4, -0.2) is 69.9 Å². The minimum atomic E-state index is -0.881. The van der Waals surface area contributed by atoms with E-state index in [1.807, 2.05) is 43.3 Å². The number of para-hydroxylation sites is 1. The third-order valence-corrected chi connectivity index (χ3v) is 13.0. The first-order chi connectivity index (χ1) is 25.1. The van der Waals surface area contributed by atoms with Gasteiger partial charge in [-0.2, -0.15) is 5.10 Å². The number of amides is 3. The molecule has 12 heteroatoms. The molecule has 4 N–H and O–H groups in total. The van der Waals surface area contributed by atoms with Crippen LogP contribution >= 0.6 is 0 Å². The highest BCUT2D eigenvalue weighted by Gasteiger charge is 2.58. The number of aromatic amines is 1. The van der Waals surface area contributed by atoms with Crippen molar-refractivity contribution in [2.45, 2.75) is 82.2 Å². The summed E-state index contributed by atoms with van der Waals surface area (Å²) < 4.78 is 13.5. The zero-order chi connectivity index (χ0) is 36.3. The number of fused-ring (bicyclic) bond motifs is 3. The van der Waals surface area contributed by atoms with Gasteiger partial charge in [0.2, 0.25) is 11.8 Å². The van der Waals surface area contributed by atoms with Crippen molar-refractivity contribution >= 4 is 28.8 Å². The van der Waals surface area contributed by atoms with Gasteiger partial charge in [0.15, 0.2) is 0 Å². The molecule has 274 valence electrons. The maximum Gasteiger partial charge on any atom is 0.270 e. The van der Waals surface area contributed by atoms with Gasteiger partial charge in [0.25, 0.3) is 5.91 Å². The van der Waals surface area contributed by atoms with E-state index in [0.29, 0.717) is 56.6 Å². The highest BCUT2D eigenvalue weighted by Crippen LogP contribution is 2.61. The molecule has 0 spiro atoms. The number of aromatic nitrogens is 4. The van der Waals surface area contributed by atoms with Crippen molar-refractivity contribution in [1.29, 1.82) is 0 Å². The molecule has 2 aliphatic heterocycles. The Morgan fingerprint density at radius 1 is 1.06 bits per heavy atom. The molecular weight excluding hydrogens is 658 g/mol. The Morgan fingerprint density at radius 2 is 1.85 bits per heavy atom. The zero-order valence-corrected chi connectivity index (χ0v) is 30.5. The molecule has 4 fully saturated rings. The normalized spacial score (nSPS) is 27.1. The van der Waals surface area contributed by atoms with Crippen LogP contribution in [0.15, 0.2) is 54.7 Å². The summed E-state index contributed by atoms with van der Waals surface area (Å²) in [7, 11) is 1.75. The highest BCUT2D eigenvalue weighted by molar-refractivity contribution is 5.95. The van der Waals surface area contributed by atoms with Gasteiger partial charge >= 0.3 is 0 Å². The van der Waals surface area contributed by atoms with Crippen LogP contribution < -0.4 is 20.7 Å². The van der Waals surface area contributed by atoms with Gasteiger partial charge in [-0.3, -0.25) is 19.1 Å². The Morgan fingerprint density at radius 3 is 2.56 bits per heavy atom. The summed E-state index contributed by atoms with van der Waals surface area (Å²) >= 11 is 0. The minimum absolute atomic E-state index is 0.0142. The molecule has 3 amide bonds. The van der Waals surface area contributed by atoms with Crippen molar-refractivity contribution < 1.29 is 23.9 Å². The fourth-order valence-electron chi connectivity index (χ4n) is 9.68. The van der Waals surface area contributed by atoms with E-state index in [2.05, 4.69) is 45.9 Å². The summed E-state index contributed by atoms with van der Waals surface area (Å²) in [6.07, 6.45) is 6.66. The summed E-state index contributed by atoms with van der Waals surface area (Å²) in [4.78, 5) is 50.7. The van der Waals surface area contributed by atoms with Crippen LogP contribution in [0.2, 0.25) is 0 Å². The zero-order valence-electron chi connectivity index (χ0n) is 30.5. The number of aryl methyl sites for hydroxylation is 1. The Kier molecular flexibility index (Phi) is 8.63. The number of nitrogens with one attached hydrogen (secondary N) is 4. The lowest BCUT2D eigenvalue weighted by molar-refractivity contribution is -0.139. The third-order valence-electron chi connectivity index (χ3n) is 13.0. The van der Waals surface area contributed by atoms with Crippen LogP contribution in [0.25, 0.3) is 11.0 Å². The van der Waals surface area contributed by atoms with Crippen molar-refractivity contribution in [3.63, 3.8) is 0 Å². The summed E-state index contributed by atoms with van der Waals surface area (Å²) in [6, 6.07) is 14.5. The number of ether oxygens (including phenoxy) is 2. The van der Waals surface area contributed by atoms with E-state index in [1.165, 1.54) is 0 Å². The van der Waals surface area contributed by atoms with E-state index in [-0.39, 0.29) is 29.1 Å². The average molecular weight is 708 g/mol. The Hall–Kier alpha value is -4.71. The van der Waals surface area contributed by atoms with E-state index in [1.54, 1.807) is 24.0 Å². The highest BCUT2D eigenvalue weighted by atomic mass is 16.5. The van der Waals surface area contributed by atoms with Crippen molar-refractivity contribution in [2.75, 3.05) is 26.4 Å². The Labute approximate surface area is 303 Å². The second-order valence-corrected chi connectivity index (χ2v) is 15.8. The van der Waals surface area contributed by atoms with Gasteiger partial charge in [0.05, 0.1) is 29.1 Å². The van der Waals surface area contributed by atoms with Crippen molar-refractivity contribution in [3.05, 3.63) is 77.4 Å². The fraction of sp³-hybridized carbons (Fsp3) is 0.525. The SMILES string of the molecule is CCNC(=O)[C@H](NC(=O)C1(c2ccc3nc([C@@H](NC(=O)c4ccnn4C)[C@]4(C)c5ccccc5OCC4C)[nH]c3c2)CCOCC1)C12CCC(C1)C2. The van der Waals surface area contributed by atoms with Crippen LogP contribution in [0.4, 0.5) is 0 Å². The first kappa shape index (κ1) is 34.4. The molecular formula is C40H49N7O5. The average Bonchev–Trinajstić information content (AvgIpc) is 3.95. The van der Waals surface area contributed by atoms with Crippen LogP contribution in [0.1, 0.15) is 92.8 Å². The molecule has 2 aromatic heterocycles. The quantitative estimate of drug-likeness (QED) is 0.188. The first-order valence-corrected chi connectivity index (χ1v) is 18.8. The number of hydrogen-bond acceptors (Lipinski definition) is 7. The van der Waals surface area contributed by atoms with Crippen molar-refractivity contribution in [1.82, 2.24) is 35.7 Å². The van der Waals surface area contributed by atoms with E-state index in [4.69, 9.17) is 14.5 Å². The summed E-state index contributed by atoms with van der Waals surface area (Å²) in [5, 5.41) is 13.9. The molecule has 9 rings (SSSR count). The van der Waals surface area contributed by atoms with Gasteiger partial charge in [-0.15, -0.1) is 0 Å². The molecule has 5 aliphatic rings. The van der Waals surface area contributed by atoms with Gasteiger partial charge in [-0.1, -0.05) is 38.1 Å². The number of benzene rings is 2. The van der Waals surface area contributed by atoms with E-state index < -0.39 is 22.9 Å². The summed E-state index contributed by atoms with van der Waals surface area (Å²) in [5.74, 6) is 1.58. The lowest BCUT2D eigenvalue weighted by Crippen LogP contribution is -2.61. The van der Waals surface area contributed by atoms with Crippen LogP contribution in [-0.2, 0) is 32.2 Å². The predicted octanol–water partition coefficient (Wildman–Crippen LogP) is 4.61. The second kappa shape index (κ2) is 13.1. The molecule has 3 aliphatic carbocycles. The van der Waals surface area contributed by atoms with Gasteiger partial charge in [0.1, 0.15) is 23.3 Å². The van der Waals surface area contributed by atoms with Crippen LogP contribution in [0.3, 0.4) is 0 Å². The second-order valence-electron chi connectivity index (χ2n) is 15.8. The lowest BCUT2D eigenvalue weighted by atomic mass is 9.64. The fourth-order valence-corrected chi connectivity index (χ4v) is 9.68. The molecule has 4 atom stereocenters. The van der Waals surface area contributed by atoms with Gasteiger partial charge in [0, 0.05) is 55.3 Å². The maximum absolute atomic E-state index is 14.6. The minimum Gasteiger partial charge on any atom is -0.493 e. The maximum atomic E-state index is 14.6. The number of likely N-dealkylation sites (N-methyl/N-ethyl adjacent to an activating group) is 1. The number of H-pyrrole nitrogens is 1. The number of nitrogens with zero attached hydrogens (tertiary/aromatic N) is 3. The molecule has 1 unspecified atom stereocenters. The Balaban J connectivity index is 1.17. The molecule has 52 heavy (non-hydrogen) atoms. The molecule has 4 heterocycles. The van der Waals surface area contributed by atoms with E-state index >= 15 is 0 Å². The predicted molar refractivity (Wildman–Crippen MR) is 195 cm³/mol. The third kappa shape index (κ3) is 5.48. The van der Waals surface area contributed by atoms with Crippen molar-refractivity contribution in [3.8, 4) is 5.75 Å². The summed E-state index contributed by atoms with van der Waals surface area (Å²) in [5.41, 5.74) is 2.12. The number of rotatable bonds is 10. The standard InChI is InChI=1S/C40H49N7O5/c1-5-41-36(49)33(39-14-12-25(21-39)22-39)46-37(50)40(15-18-51-19-16-40)26-10-11-28-29(20-26)44-34(43-28)32(45-35(48)30-13-17-42-47(30)4)38(3)24(2)23-52-31-9-7-6-8-27(31)38/h6-11,13,17,20,24-25,32-33H,5,12,14-16,18-19,21-23H2,1-4H3,(H,41,49)(H,43,44)(H,45,48)(H,46,50)/t24?,25?,32-,33+,38+,39?/m1/s1. The number of hydrogen-bond donors (Lipinski definition) is 4. The first-order valence-electron chi connectivity index (χ1n) is 18.8. The lowest BCUT2D eigenvalue weighted by Gasteiger charge is -2.46. The molecule has 12 nitrogen and oxygen atoms in total. The molecule has 3 saturated carbocycles. The number of imidazole rings is 1. The van der Waals surface area contributed by atoms with Gasteiger partial charge in [-0.05, 0) is 81.2 Å². The van der Waals surface area contributed by atoms with Crippen LogP contribution in [0.5, 0.6) is 5.75 Å².